The Bertz CT molecular complexity index is 516. The minimum atomic E-state index is -2.47. The number of rotatable bonds is 13. The number of ether oxygens (including phenoxy) is 3. The molecule has 26 heavy (non-hydrogen) atoms. The zero-order valence-electron chi connectivity index (χ0n) is 15.1. The lowest BCUT2D eigenvalue weighted by atomic mass is 9.87. The van der Waals surface area contributed by atoms with Crippen LogP contribution in [0.4, 0.5) is 0 Å². The van der Waals surface area contributed by atoms with Crippen LogP contribution >= 0.6 is 0 Å². The third-order valence-corrected chi connectivity index (χ3v) is 3.96. The number of aliphatic hydroxyl groups is 4. The van der Waals surface area contributed by atoms with Gasteiger partial charge in [0.1, 0.15) is 12.2 Å². The molecule has 0 bridgehead atoms. The van der Waals surface area contributed by atoms with Crippen LogP contribution in [0.3, 0.4) is 0 Å². The molecule has 0 radical (unpaired) electrons. The van der Waals surface area contributed by atoms with Gasteiger partial charge in [-0.1, -0.05) is 26.7 Å². The van der Waals surface area contributed by atoms with E-state index in [9.17, 15) is 24.9 Å². The molecule has 1 heterocycles. The van der Waals surface area contributed by atoms with Gasteiger partial charge in [0.2, 0.25) is 17.3 Å². The fraction of sp³-hybridized carbons (Fsp3) is 0.765. The highest BCUT2D eigenvalue weighted by Gasteiger charge is 2.62. The normalized spacial score (nSPS) is 22.2. The molecule has 0 aromatic rings. The third-order valence-electron chi connectivity index (χ3n) is 3.96. The number of carbonyl (C=O) groups excluding carboxylic acids is 2. The van der Waals surface area contributed by atoms with E-state index < -0.39 is 42.8 Å². The first-order chi connectivity index (χ1) is 12.4. The molecule has 4 N–H and O–H groups in total. The van der Waals surface area contributed by atoms with Crippen molar-refractivity contribution in [2.24, 2.45) is 0 Å². The van der Waals surface area contributed by atoms with E-state index in [4.69, 9.17) is 19.3 Å². The van der Waals surface area contributed by atoms with Crippen molar-refractivity contribution in [3.63, 3.8) is 0 Å². The predicted molar refractivity (Wildman–Crippen MR) is 88.8 cm³/mol. The number of esters is 1. The second kappa shape index (κ2) is 10.5. The molecule has 0 aromatic heterocycles. The lowest BCUT2D eigenvalue weighted by Crippen LogP contribution is -2.58. The Labute approximate surface area is 152 Å². The van der Waals surface area contributed by atoms with Crippen molar-refractivity contribution in [1.82, 2.24) is 0 Å². The monoisotopic (exact) mass is 376 g/mol. The van der Waals surface area contributed by atoms with E-state index in [1.54, 1.807) is 0 Å². The Morgan fingerprint density at radius 2 is 1.65 bits per heavy atom. The van der Waals surface area contributed by atoms with Crippen molar-refractivity contribution in [2.45, 2.75) is 57.3 Å². The summed E-state index contributed by atoms with van der Waals surface area (Å²) in [4.78, 5) is 24.9. The smallest absolute Gasteiger partial charge is 0.378 e. The Hall–Kier alpha value is -1.68. The molecule has 0 amide bonds. The largest absolute Gasteiger partial charge is 0.489 e. The number of ketones is 1. The zero-order chi connectivity index (χ0) is 19.7. The number of unbranched alkanes of at least 4 members (excludes halogenated alkanes) is 2. The first kappa shape index (κ1) is 22.4. The lowest BCUT2D eigenvalue weighted by Gasteiger charge is -2.33. The summed E-state index contributed by atoms with van der Waals surface area (Å²) in [7, 11) is 0. The van der Waals surface area contributed by atoms with Crippen molar-refractivity contribution in [2.75, 3.05) is 26.4 Å². The van der Waals surface area contributed by atoms with Gasteiger partial charge in [-0.25, -0.2) is 4.79 Å². The summed E-state index contributed by atoms with van der Waals surface area (Å²) in [6.45, 7) is 2.19. The van der Waals surface area contributed by atoms with Crippen LogP contribution in [0.2, 0.25) is 0 Å². The van der Waals surface area contributed by atoms with Crippen molar-refractivity contribution in [3.05, 3.63) is 11.5 Å². The van der Waals surface area contributed by atoms with E-state index >= 15 is 0 Å². The van der Waals surface area contributed by atoms with Gasteiger partial charge < -0.3 is 34.6 Å². The van der Waals surface area contributed by atoms with Gasteiger partial charge in [-0.3, -0.25) is 4.79 Å². The first-order valence-electron chi connectivity index (χ1n) is 8.76. The summed E-state index contributed by atoms with van der Waals surface area (Å²) < 4.78 is 16.0. The highest BCUT2D eigenvalue weighted by molar-refractivity contribution is 6.03. The fourth-order valence-electron chi connectivity index (χ4n) is 2.44. The van der Waals surface area contributed by atoms with Crippen LogP contribution in [0.1, 0.15) is 39.5 Å². The first-order valence-corrected chi connectivity index (χ1v) is 8.76. The van der Waals surface area contributed by atoms with E-state index in [0.29, 0.717) is 12.8 Å². The maximum atomic E-state index is 12.6. The molecule has 3 atom stereocenters. The van der Waals surface area contributed by atoms with Crippen LogP contribution in [-0.4, -0.2) is 76.4 Å². The Morgan fingerprint density at radius 3 is 2.15 bits per heavy atom. The highest BCUT2D eigenvalue weighted by Crippen LogP contribution is 2.39. The van der Waals surface area contributed by atoms with Crippen LogP contribution in [0.25, 0.3) is 0 Å². The molecule has 1 aliphatic rings. The van der Waals surface area contributed by atoms with Crippen molar-refractivity contribution < 1.29 is 44.2 Å². The molecule has 9 nitrogen and oxygen atoms in total. The standard InChI is InChI=1S/C17H28O9/c1-3-5-7-24-13-15(25-8-6-4-2)17(12(21)10-19,26-16(13)23)14(22)11(20)9-18/h11-12,18-21H,3-10H2,1-2H3/t11?,12-,17-/m0/s1. The number of aliphatic hydroxyl groups excluding tert-OH is 4. The summed E-state index contributed by atoms with van der Waals surface area (Å²) in [5, 5.41) is 38.5. The van der Waals surface area contributed by atoms with Gasteiger partial charge in [0.25, 0.3) is 5.60 Å². The van der Waals surface area contributed by atoms with Crippen LogP contribution in [-0.2, 0) is 23.8 Å². The van der Waals surface area contributed by atoms with E-state index in [2.05, 4.69) is 0 Å². The summed E-state index contributed by atoms with van der Waals surface area (Å²) in [6.07, 6.45) is -1.07. The van der Waals surface area contributed by atoms with Gasteiger partial charge >= 0.3 is 5.97 Å². The molecule has 1 unspecified atom stereocenters. The molecular weight excluding hydrogens is 348 g/mol. The number of hydrogen-bond acceptors (Lipinski definition) is 9. The number of Topliss-reactive ketones (excluding diaryl/α,β-unsaturated/α-hetero) is 1. The Morgan fingerprint density at radius 1 is 1.08 bits per heavy atom. The van der Waals surface area contributed by atoms with Gasteiger partial charge in [-0.05, 0) is 12.8 Å². The van der Waals surface area contributed by atoms with Crippen LogP contribution < -0.4 is 0 Å². The second-order valence-electron chi connectivity index (χ2n) is 5.95. The lowest BCUT2D eigenvalue weighted by molar-refractivity contribution is -0.179. The number of hydrogen-bond donors (Lipinski definition) is 4. The van der Waals surface area contributed by atoms with Crippen molar-refractivity contribution >= 4 is 11.8 Å². The average Bonchev–Trinajstić information content (AvgIpc) is 2.93. The molecule has 0 aliphatic carbocycles. The second-order valence-corrected chi connectivity index (χ2v) is 5.95. The maximum absolute atomic E-state index is 12.6. The summed E-state index contributed by atoms with van der Waals surface area (Å²) >= 11 is 0. The average molecular weight is 376 g/mol. The van der Waals surface area contributed by atoms with Gasteiger partial charge in [-0.2, -0.15) is 0 Å². The Kier molecular flexibility index (Phi) is 9.00. The summed E-state index contributed by atoms with van der Waals surface area (Å²) in [5.41, 5.74) is -2.47. The van der Waals surface area contributed by atoms with E-state index in [-0.39, 0.29) is 24.7 Å². The third kappa shape index (κ3) is 4.53. The molecule has 0 aromatic carbocycles. The molecule has 150 valence electrons. The fourth-order valence-corrected chi connectivity index (χ4v) is 2.44. The number of carbonyl (C=O) groups is 2. The van der Waals surface area contributed by atoms with E-state index in [1.807, 2.05) is 13.8 Å². The molecule has 0 fully saturated rings. The Balaban J connectivity index is 3.38. The van der Waals surface area contributed by atoms with Gasteiger partial charge in [0, 0.05) is 0 Å². The van der Waals surface area contributed by atoms with Gasteiger partial charge in [-0.15, -0.1) is 0 Å². The van der Waals surface area contributed by atoms with Crippen LogP contribution in [0.5, 0.6) is 0 Å². The van der Waals surface area contributed by atoms with E-state index in [1.165, 1.54) is 0 Å². The van der Waals surface area contributed by atoms with E-state index in [0.717, 1.165) is 12.8 Å². The van der Waals surface area contributed by atoms with Crippen molar-refractivity contribution in [3.8, 4) is 0 Å². The molecule has 1 aliphatic heterocycles. The topological polar surface area (TPSA) is 143 Å². The van der Waals surface area contributed by atoms with Crippen molar-refractivity contribution in [1.29, 1.82) is 0 Å². The predicted octanol–water partition coefficient (Wildman–Crippen LogP) is -0.598. The molecule has 0 saturated heterocycles. The summed E-state index contributed by atoms with van der Waals surface area (Å²) in [6, 6.07) is 0. The highest BCUT2D eigenvalue weighted by atomic mass is 16.6. The van der Waals surface area contributed by atoms with Crippen LogP contribution in [0, 0.1) is 0 Å². The minimum Gasteiger partial charge on any atom is -0.489 e. The molecule has 1 rings (SSSR count). The quantitative estimate of drug-likeness (QED) is 0.245. The van der Waals surface area contributed by atoms with Gasteiger partial charge in [0.05, 0.1) is 26.4 Å². The van der Waals surface area contributed by atoms with Crippen LogP contribution in [0.15, 0.2) is 11.5 Å². The molecule has 0 saturated carbocycles. The maximum Gasteiger partial charge on any atom is 0.378 e. The molecular formula is C17H28O9. The number of cyclic esters (lactones) is 1. The minimum absolute atomic E-state index is 0.103. The molecule has 9 heteroatoms. The van der Waals surface area contributed by atoms with Gasteiger partial charge in [0.15, 0.2) is 0 Å². The summed E-state index contributed by atoms with van der Waals surface area (Å²) in [5.74, 6) is -3.00. The SMILES string of the molecule is CCCCOC1=C(OCCCC)[C@@](C(=O)C(O)CO)([C@@H](O)CO)OC1=O. The molecule has 0 spiro atoms. The zero-order valence-corrected chi connectivity index (χ0v) is 15.1.